The van der Waals surface area contributed by atoms with E-state index < -0.39 is 12.0 Å². The summed E-state index contributed by atoms with van der Waals surface area (Å²) in [6.07, 6.45) is 6.32. The molecule has 0 amide bonds. The Hall–Kier alpha value is -1.15. The second-order valence-corrected chi connectivity index (χ2v) is 3.40. The predicted molar refractivity (Wildman–Crippen MR) is 46.1 cm³/mol. The predicted octanol–water partition coefficient (Wildman–Crippen LogP) is 1.36. The second-order valence-electron chi connectivity index (χ2n) is 3.40. The fraction of sp³-hybridized carbons (Fsp3) is 0.778. The lowest BCUT2D eigenvalue weighted by Gasteiger charge is -2.23. The lowest BCUT2D eigenvalue weighted by atomic mass is 9.84. The van der Waals surface area contributed by atoms with Crippen molar-refractivity contribution in [3.8, 4) is 0 Å². The molecule has 1 aliphatic carbocycles. The minimum Gasteiger partial charge on any atom is -0.480 e. The van der Waals surface area contributed by atoms with E-state index in [0.29, 0.717) is 0 Å². The zero-order chi connectivity index (χ0) is 9.68. The molecule has 1 aliphatic rings. The number of rotatable bonds is 3. The summed E-state index contributed by atoms with van der Waals surface area (Å²) in [5.74, 6) is -0.969. The highest BCUT2D eigenvalue weighted by molar-refractivity contribution is 5.75. The maximum Gasteiger partial charge on any atom is 0.329 e. The zero-order valence-corrected chi connectivity index (χ0v) is 7.40. The summed E-state index contributed by atoms with van der Waals surface area (Å²) < 4.78 is 0. The molecule has 4 nitrogen and oxygen atoms in total. The fourth-order valence-electron chi connectivity index (χ4n) is 1.87. The first kappa shape index (κ1) is 9.93. The van der Waals surface area contributed by atoms with Gasteiger partial charge in [0.25, 0.3) is 0 Å². The first-order chi connectivity index (χ1) is 6.25. The average molecular weight is 183 g/mol. The number of carboxylic acid groups (broad SMARTS) is 1. The molecule has 4 heteroatoms. The summed E-state index contributed by atoms with van der Waals surface area (Å²) >= 11 is 0. The minimum absolute atomic E-state index is 0.0349. The molecule has 0 spiro atoms. The highest BCUT2D eigenvalue weighted by Crippen LogP contribution is 2.27. The van der Waals surface area contributed by atoms with Gasteiger partial charge in [-0.2, -0.15) is 4.99 Å². The van der Waals surface area contributed by atoms with Gasteiger partial charge in [-0.1, -0.05) is 19.3 Å². The normalized spacial score (nSPS) is 20.3. The van der Waals surface area contributed by atoms with Crippen molar-refractivity contribution in [2.45, 2.75) is 38.1 Å². The van der Waals surface area contributed by atoms with Gasteiger partial charge in [-0.3, -0.25) is 0 Å². The van der Waals surface area contributed by atoms with E-state index in [0.717, 1.165) is 32.1 Å². The summed E-state index contributed by atoms with van der Waals surface area (Å²) in [6.45, 7) is 0. The molecule has 0 aromatic rings. The second kappa shape index (κ2) is 4.77. The molecule has 0 bridgehead atoms. The number of isocyanates is 1. The molecule has 0 heterocycles. The molecule has 72 valence electrons. The molecule has 1 rings (SSSR count). The third-order valence-electron chi connectivity index (χ3n) is 2.54. The third-order valence-corrected chi connectivity index (χ3v) is 2.54. The highest BCUT2D eigenvalue weighted by atomic mass is 16.4. The first-order valence-electron chi connectivity index (χ1n) is 4.55. The summed E-state index contributed by atoms with van der Waals surface area (Å²) in [5.41, 5.74) is 0. The number of carbonyl (C=O) groups excluding carboxylic acids is 1. The van der Waals surface area contributed by atoms with Crippen LogP contribution in [0, 0.1) is 5.92 Å². The molecule has 1 fully saturated rings. The Kier molecular flexibility index (Phi) is 3.65. The van der Waals surface area contributed by atoms with E-state index in [-0.39, 0.29) is 5.92 Å². The van der Waals surface area contributed by atoms with Crippen molar-refractivity contribution in [2.75, 3.05) is 0 Å². The Morgan fingerprint density at radius 1 is 1.38 bits per heavy atom. The number of carboxylic acids is 1. The largest absolute Gasteiger partial charge is 0.480 e. The lowest BCUT2D eigenvalue weighted by molar-refractivity contribution is -0.140. The topological polar surface area (TPSA) is 66.7 Å². The fourth-order valence-corrected chi connectivity index (χ4v) is 1.87. The minimum atomic E-state index is -1.00. The van der Waals surface area contributed by atoms with Gasteiger partial charge in [0, 0.05) is 0 Å². The van der Waals surface area contributed by atoms with E-state index in [1.807, 2.05) is 0 Å². The van der Waals surface area contributed by atoms with Crippen LogP contribution in [0.4, 0.5) is 0 Å². The molecule has 1 N–H and O–H groups in total. The number of aliphatic carboxylic acids is 1. The monoisotopic (exact) mass is 183 g/mol. The van der Waals surface area contributed by atoms with Crippen LogP contribution in [0.15, 0.2) is 4.99 Å². The molecule has 0 unspecified atom stereocenters. The van der Waals surface area contributed by atoms with Crippen molar-refractivity contribution in [3.05, 3.63) is 0 Å². The summed E-state index contributed by atoms with van der Waals surface area (Å²) in [5, 5.41) is 8.78. The van der Waals surface area contributed by atoms with E-state index in [1.54, 1.807) is 0 Å². The van der Waals surface area contributed by atoms with Crippen molar-refractivity contribution in [1.82, 2.24) is 0 Å². The molecule has 13 heavy (non-hydrogen) atoms. The van der Waals surface area contributed by atoms with Crippen molar-refractivity contribution in [1.29, 1.82) is 0 Å². The first-order valence-corrected chi connectivity index (χ1v) is 4.55. The van der Waals surface area contributed by atoms with E-state index in [2.05, 4.69) is 4.99 Å². The van der Waals surface area contributed by atoms with Gasteiger partial charge in [-0.15, -0.1) is 0 Å². The van der Waals surface area contributed by atoms with Gasteiger partial charge < -0.3 is 5.11 Å². The molecule has 0 aliphatic heterocycles. The quantitative estimate of drug-likeness (QED) is 0.530. The van der Waals surface area contributed by atoms with Gasteiger partial charge in [-0.25, -0.2) is 9.59 Å². The lowest BCUT2D eigenvalue weighted by Crippen LogP contribution is -2.29. The van der Waals surface area contributed by atoms with Crippen LogP contribution in [0.1, 0.15) is 32.1 Å². The van der Waals surface area contributed by atoms with Gasteiger partial charge in [0.2, 0.25) is 6.08 Å². The van der Waals surface area contributed by atoms with Crippen LogP contribution < -0.4 is 0 Å². The molecule has 0 saturated heterocycles. The Bertz CT molecular complexity index is 225. The zero-order valence-electron chi connectivity index (χ0n) is 7.40. The SMILES string of the molecule is O=C=N[C@H](C(=O)O)C1CCCCC1. The standard InChI is InChI=1S/C9H13NO3/c11-6-10-8(9(12)13)7-4-2-1-3-5-7/h7-8H,1-5H2,(H,12,13)/t8-/m0/s1. The molecular formula is C9H13NO3. The number of nitrogens with zero attached hydrogens (tertiary/aromatic N) is 1. The van der Waals surface area contributed by atoms with Gasteiger partial charge in [0.05, 0.1) is 0 Å². The molecule has 0 aromatic carbocycles. The maximum absolute atomic E-state index is 10.7. The summed E-state index contributed by atoms with van der Waals surface area (Å²) in [4.78, 5) is 24.1. The molecule has 0 aromatic heterocycles. The van der Waals surface area contributed by atoms with Crippen LogP contribution in [-0.4, -0.2) is 23.2 Å². The molecule has 1 atom stereocenters. The van der Waals surface area contributed by atoms with Crippen LogP contribution in [0.2, 0.25) is 0 Å². The maximum atomic E-state index is 10.7. The van der Waals surface area contributed by atoms with Crippen molar-refractivity contribution >= 4 is 12.0 Å². The Morgan fingerprint density at radius 3 is 2.46 bits per heavy atom. The van der Waals surface area contributed by atoms with Crippen LogP contribution in [0.3, 0.4) is 0 Å². The Labute approximate surface area is 76.7 Å². The van der Waals surface area contributed by atoms with Gasteiger partial charge in [0.15, 0.2) is 6.04 Å². The van der Waals surface area contributed by atoms with Crippen molar-refractivity contribution in [3.63, 3.8) is 0 Å². The summed E-state index contributed by atoms with van der Waals surface area (Å²) in [6, 6.07) is -0.863. The molecule has 1 saturated carbocycles. The van der Waals surface area contributed by atoms with Gasteiger partial charge >= 0.3 is 5.97 Å². The highest BCUT2D eigenvalue weighted by Gasteiger charge is 2.28. The number of aliphatic imine (C=N–C) groups is 1. The van der Waals surface area contributed by atoms with E-state index in [1.165, 1.54) is 6.08 Å². The number of carbonyl (C=O) groups is 1. The van der Waals surface area contributed by atoms with Crippen LogP contribution in [0.5, 0.6) is 0 Å². The average Bonchev–Trinajstić information content (AvgIpc) is 2.15. The van der Waals surface area contributed by atoms with Crippen molar-refractivity contribution < 1.29 is 14.7 Å². The van der Waals surface area contributed by atoms with Gasteiger partial charge in [-0.05, 0) is 18.8 Å². The Morgan fingerprint density at radius 2 is 2.00 bits per heavy atom. The number of hydrogen-bond acceptors (Lipinski definition) is 3. The van der Waals surface area contributed by atoms with Crippen LogP contribution >= 0.6 is 0 Å². The summed E-state index contributed by atoms with van der Waals surface area (Å²) in [7, 11) is 0. The van der Waals surface area contributed by atoms with Crippen molar-refractivity contribution in [2.24, 2.45) is 10.9 Å². The van der Waals surface area contributed by atoms with Gasteiger partial charge in [0.1, 0.15) is 0 Å². The Balaban J connectivity index is 2.62. The van der Waals surface area contributed by atoms with E-state index in [4.69, 9.17) is 5.11 Å². The number of hydrogen-bond donors (Lipinski definition) is 1. The molecular weight excluding hydrogens is 170 g/mol. The van der Waals surface area contributed by atoms with E-state index in [9.17, 15) is 9.59 Å². The molecule has 0 radical (unpaired) electrons. The smallest absolute Gasteiger partial charge is 0.329 e. The van der Waals surface area contributed by atoms with E-state index >= 15 is 0 Å². The van der Waals surface area contributed by atoms with Crippen LogP contribution in [0.25, 0.3) is 0 Å². The third kappa shape index (κ3) is 2.67. The van der Waals surface area contributed by atoms with Crippen LogP contribution in [-0.2, 0) is 9.59 Å².